The van der Waals surface area contributed by atoms with Crippen LogP contribution in [0.2, 0.25) is 0 Å². The molecule has 0 radical (unpaired) electrons. The Morgan fingerprint density at radius 1 is 0.803 bits per heavy atom. The van der Waals surface area contributed by atoms with Gasteiger partial charge in [-0.3, -0.25) is 43.3 Å². The van der Waals surface area contributed by atoms with Crippen LogP contribution >= 0.6 is 0 Å². The molecule has 0 aliphatic carbocycles. The molecule has 1 saturated heterocycles. The van der Waals surface area contributed by atoms with Crippen LogP contribution in [0.5, 0.6) is 0 Å². The van der Waals surface area contributed by atoms with Gasteiger partial charge in [0.05, 0.1) is 19.0 Å². The monoisotopic (exact) mass is 925 g/mol. The minimum Gasteiger partial charge on any atom is -0.394 e. The second-order valence-corrected chi connectivity index (χ2v) is 16.8. The molecular weight excluding hydrogens is 857 g/mol. The number of carbonyl (C=O) groups is 8. The van der Waals surface area contributed by atoms with Gasteiger partial charge in [0, 0.05) is 37.8 Å². The molecule has 0 saturated carbocycles. The third kappa shape index (κ3) is 16.4. The number of primary amides is 1. The summed E-state index contributed by atoms with van der Waals surface area (Å²) in [5.74, 6) is -6.77. The highest BCUT2D eigenvalue weighted by atomic mass is 16.3. The number of amides is 8. The molecule has 0 bridgehead atoms. The van der Waals surface area contributed by atoms with E-state index in [0.717, 1.165) is 0 Å². The Labute approximate surface area is 384 Å². The lowest BCUT2D eigenvalue weighted by Crippen LogP contribution is -2.61. The number of likely N-dealkylation sites (tertiary alicyclic amines) is 1. The van der Waals surface area contributed by atoms with Crippen LogP contribution in [-0.4, -0.2) is 141 Å². The van der Waals surface area contributed by atoms with E-state index in [1.807, 2.05) is 6.92 Å². The van der Waals surface area contributed by atoms with E-state index in [2.05, 4.69) is 46.9 Å². The zero-order valence-electron chi connectivity index (χ0n) is 38.3. The molecule has 9 atom stereocenters. The summed E-state index contributed by atoms with van der Waals surface area (Å²) in [6, 6.07) is -0.629. The Hall–Kier alpha value is -6.62. The standard InChI is InChI=1S/C43H68N14O9/c1-6-24(4)34(56-39(63)30(19-27-20-48-22-50-27)53-40(64)31(21-58)54-36(60)25(5)44)42(66)57-17-11-15-32(57)41(65)51-28(14-10-16-49-43(46)47)37(61)52-29(18-26-12-8-7-9-13-26)38(62)55-33(23(2)3)35(45)59/h7-9,12-13,20,22-25,28-34,58H,6,10-11,14-19,21,44H2,1-5H3,(H2,45,59)(H,48,50)(H,51,65)(H,52,61)(H,53,64)(H,54,60)(H,55,62)(H,56,63)(H4,46,47,49)/t24-,25-,28-,29-,30-,31-,32-,33-,34-/m0/s1. The quantitative estimate of drug-likeness (QED) is 0.0250. The van der Waals surface area contributed by atoms with Gasteiger partial charge in [-0.15, -0.1) is 0 Å². The zero-order valence-corrected chi connectivity index (χ0v) is 38.3. The van der Waals surface area contributed by atoms with Crippen molar-refractivity contribution in [3.63, 3.8) is 0 Å². The second kappa shape index (κ2) is 26.4. The number of aliphatic imine (C=N–C) groups is 1. The number of benzene rings is 1. The second-order valence-electron chi connectivity index (χ2n) is 16.8. The van der Waals surface area contributed by atoms with E-state index in [9.17, 15) is 43.5 Å². The van der Waals surface area contributed by atoms with Crippen LogP contribution in [0.4, 0.5) is 0 Å². The molecule has 16 N–H and O–H groups in total. The number of carbonyl (C=O) groups excluding carboxylic acids is 8. The number of hydrogen-bond donors (Lipinski definition) is 12. The lowest BCUT2D eigenvalue weighted by Gasteiger charge is -2.33. The number of aromatic nitrogens is 2. The molecule has 364 valence electrons. The van der Waals surface area contributed by atoms with Crippen molar-refractivity contribution >= 4 is 53.2 Å². The van der Waals surface area contributed by atoms with E-state index >= 15 is 0 Å². The highest BCUT2D eigenvalue weighted by molar-refractivity contribution is 5.98. The molecular formula is C43H68N14O9. The van der Waals surface area contributed by atoms with Crippen molar-refractivity contribution in [1.29, 1.82) is 0 Å². The Morgan fingerprint density at radius 2 is 1.39 bits per heavy atom. The van der Waals surface area contributed by atoms with Crippen molar-refractivity contribution in [2.75, 3.05) is 19.7 Å². The Morgan fingerprint density at radius 3 is 1.94 bits per heavy atom. The van der Waals surface area contributed by atoms with Gasteiger partial charge < -0.3 is 69.8 Å². The number of aliphatic hydroxyl groups is 1. The van der Waals surface area contributed by atoms with Gasteiger partial charge in [0.2, 0.25) is 47.3 Å². The average molecular weight is 925 g/mol. The number of nitrogens with two attached hydrogens (primary N) is 4. The number of nitrogens with one attached hydrogen (secondary N) is 7. The fourth-order valence-electron chi connectivity index (χ4n) is 7.21. The lowest BCUT2D eigenvalue weighted by molar-refractivity contribution is -0.143. The van der Waals surface area contributed by atoms with Crippen LogP contribution in [0.3, 0.4) is 0 Å². The number of guanidine groups is 1. The largest absolute Gasteiger partial charge is 0.394 e. The highest BCUT2D eigenvalue weighted by Crippen LogP contribution is 2.22. The van der Waals surface area contributed by atoms with Crippen molar-refractivity contribution in [2.45, 2.75) is 128 Å². The molecule has 1 aromatic carbocycles. The van der Waals surface area contributed by atoms with Crippen molar-refractivity contribution in [3.8, 4) is 0 Å². The molecule has 1 aliphatic rings. The molecule has 3 rings (SSSR count). The smallest absolute Gasteiger partial charge is 0.246 e. The van der Waals surface area contributed by atoms with Gasteiger partial charge in [-0.05, 0) is 50.0 Å². The summed E-state index contributed by atoms with van der Waals surface area (Å²) in [5.41, 5.74) is 23.4. The number of nitrogens with zero attached hydrogens (tertiary/aromatic N) is 3. The maximum absolute atomic E-state index is 14.5. The molecule has 66 heavy (non-hydrogen) atoms. The van der Waals surface area contributed by atoms with Crippen molar-refractivity contribution in [1.82, 2.24) is 46.8 Å². The van der Waals surface area contributed by atoms with Crippen LogP contribution < -0.4 is 54.8 Å². The number of aliphatic hydroxyl groups excluding tert-OH is 1. The van der Waals surface area contributed by atoms with Gasteiger partial charge in [0.25, 0.3) is 0 Å². The van der Waals surface area contributed by atoms with E-state index < -0.39 is 108 Å². The summed E-state index contributed by atoms with van der Waals surface area (Å²) in [6.07, 6.45) is 4.04. The molecule has 8 amide bonds. The maximum atomic E-state index is 14.5. The molecule has 0 spiro atoms. The van der Waals surface area contributed by atoms with Gasteiger partial charge >= 0.3 is 0 Å². The summed E-state index contributed by atoms with van der Waals surface area (Å²) >= 11 is 0. The first kappa shape index (κ1) is 53.7. The summed E-state index contributed by atoms with van der Waals surface area (Å²) in [7, 11) is 0. The van der Waals surface area contributed by atoms with Crippen LogP contribution in [0.15, 0.2) is 47.8 Å². The number of rotatable bonds is 26. The first-order chi connectivity index (χ1) is 31.3. The first-order valence-corrected chi connectivity index (χ1v) is 22.1. The third-order valence-electron chi connectivity index (χ3n) is 11.2. The van der Waals surface area contributed by atoms with E-state index in [1.165, 1.54) is 24.3 Å². The van der Waals surface area contributed by atoms with Crippen LogP contribution in [-0.2, 0) is 51.2 Å². The number of imidazole rings is 1. The van der Waals surface area contributed by atoms with E-state index in [4.69, 9.17) is 22.9 Å². The highest BCUT2D eigenvalue weighted by Gasteiger charge is 2.41. The summed E-state index contributed by atoms with van der Waals surface area (Å²) < 4.78 is 0. The third-order valence-corrected chi connectivity index (χ3v) is 11.2. The molecule has 0 unspecified atom stereocenters. The molecule has 1 fully saturated rings. The normalized spacial score (nSPS) is 17.1. The SMILES string of the molecule is CC[C@H](C)[C@H](NC(=O)[C@H](Cc1cnc[nH]1)NC(=O)[C@H](CO)NC(=O)[C@H](C)N)C(=O)N1CCC[C@H]1C(=O)N[C@@H](CCCN=C(N)N)C(=O)N[C@@H](Cc1ccccc1)C(=O)N[C@H](C(N)=O)C(C)C. The van der Waals surface area contributed by atoms with Gasteiger partial charge in [-0.25, -0.2) is 4.98 Å². The average Bonchev–Trinajstić information content (AvgIpc) is 3.99. The van der Waals surface area contributed by atoms with E-state index in [1.54, 1.807) is 51.1 Å². The molecule has 2 heterocycles. The van der Waals surface area contributed by atoms with Crippen molar-refractivity contribution < 1.29 is 43.5 Å². The zero-order chi connectivity index (χ0) is 49.1. The van der Waals surface area contributed by atoms with E-state index in [-0.39, 0.29) is 57.1 Å². The van der Waals surface area contributed by atoms with Gasteiger partial charge in [0.15, 0.2) is 5.96 Å². The minimum atomic E-state index is -1.44. The number of H-pyrrole nitrogens is 1. The topological polar surface area (TPSA) is 377 Å². The summed E-state index contributed by atoms with van der Waals surface area (Å²) in [6.45, 7) is 7.83. The number of hydrogen-bond acceptors (Lipinski definition) is 12. The first-order valence-electron chi connectivity index (χ1n) is 22.1. The van der Waals surface area contributed by atoms with Crippen LogP contribution in [0.25, 0.3) is 0 Å². The van der Waals surface area contributed by atoms with E-state index in [0.29, 0.717) is 24.1 Å². The Kier molecular flexibility index (Phi) is 21.5. The maximum Gasteiger partial charge on any atom is 0.246 e. The van der Waals surface area contributed by atoms with Crippen LogP contribution in [0, 0.1) is 11.8 Å². The van der Waals surface area contributed by atoms with Crippen molar-refractivity contribution in [3.05, 3.63) is 54.1 Å². The Balaban J connectivity index is 1.89. The van der Waals surface area contributed by atoms with Crippen LogP contribution in [0.1, 0.15) is 78.0 Å². The molecule has 2 aromatic rings. The predicted molar refractivity (Wildman–Crippen MR) is 243 cm³/mol. The van der Waals surface area contributed by atoms with Gasteiger partial charge in [-0.2, -0.15) is 0 Å². The Bertz CT molecular complexity index is 1980. The van der Waals surface area contributed by atoms with Gasteiger partial charge in [-0.1, -0.05) is 64.4 Å². The lowest BCUT2D eigenvalue weighted by atomic mass is 9.96. The minimum absolute atomic E-state index is 0.0195. The predicted octanol–water partition coefficient (Wildman–Crippen LogP) is -3.32. The molecule has 23 nitrogen and oxygen atoms in total. The molecule has 1 aromatic heterocycles. The number of aromatic amines is 1. The van der Waals surface area contributed by atoms with Crippen molar-refractivity contribution in [2.24, 2.45) is 39.8 Å². The summed E-state index contributed by atoms with van der Waals surface area (Å²) in [5, 5.41) is 25.7. The fraction of sp³-hybridized carbons (Fsp3) is 0.581. The molecule has 1 aliphatic heterocycles. The summed E-state index contributed by atoms with van der Waals surface area (Å²) in [4.78, 5) is 121. The molecule has 23 heteroatoms. The fourth-order valence-corrected chi connectivity index (χ4v) is 7.21. The van der Waals surface area contributed by atoms with Gasteiger partial charge in [0.1, 0.15) is 42.3 Å².